The van der Waals surface area contributed by atoms with E-state index in [0.717, 1.165) is 63.1 Å². The molecule has 1 aromatic heterocycles. The van der Waals surface area contributed by atoms with E-state index in [9.17, 15) is 4.79 Å². The van der Waals surface area contributed by atoms with Crippen molar-refractivity contribution in [3.8, 4) is 0 Å². The van der Waals surface area contributed by atoms with Gasteiger partial charge in [0.05, 0.1) is 11.8 Å². The zero-order valence-corrected chi connectivity index (χ0v) is 18.1. The quantitative estimate of drug-likeness (QED) is 0.729. The highest BCUT2D eigenvalue weighted by Gasteiger charge is 2.26. The Morgan fingerprint density at radius 1 is 1.03 bits per heavy atom. The summed E-state index contributed by atoms with van der Waals surface area (Å²) in [6.07, 6.45) is 4.77. The lowest BCUT2D eigenvalue weighted by Gasteiger charge is -2.35. The van der Waals surface area contributed by atoms with Crippen molar-refractivity contribution >= 4 is 17.7 Å². The molecule has 29 heavy (non-hydrogen) atoms. The van der Waals surface area contributed by atoms with Gasteiger partial charge < -0.3 is 9.47 Å². The SMILES string of the molecule is C[C@@H](SCc1ccccc1)C(=O)N1CCN(Cc2nnc3n2CCCCC3)CC1. The summed E-state index contributed by atoms with van der Waals surface area (Å²) in [5.74, 6) is 3.39. The van der Waals surface area contributed by atoms with Crippen LogP contribution in [0.5, 0.6) is 0 Å². The Bertz CT molecular complexity index is 801. The summed E-state index contributed by atoms with van der Waals surface area (Å²) >= 11 is 1.73. The number of amides is 1. The first kappa shape index (κ1) is 20.4. The van der Waals surface area contributed by atoms with Crippen LogP contribution in [0, 0.1) is 0 Å². The van der Waals surface area contributed by atoms with E-state index in [2.05, 4.69) is 43.9 Å². The Morgan fingerprint density at radius 2 is 1.83 bits per heavy atom. The van der Waals surface area contributed by atoms with Gasteiger partial charge >= 0.3 is 0 Å². The van der Waals surface area contributed by atoms with Gasteiger partial charge in [-0.3, -0.25) is 9.69 Å². The van der Waals surface area contributed by atoms with E-state index >= 15 is 0 Å². The number of hydrogen-bond donors (Lipinski definition) is 0. The molecule has 0 saturated carbocycles. The molecule has 0 aliphatic carbocycles. The second kappa shape index (κ2) is 9.76. The molecule has 0 unspecified atom stereocenters. The Morgan fingerprint density at radius 3 is 2.62 bits per heavy atom. The minimum atomic E-state index is -0.00554. The summed E-state index contributed by atoms with van der Waals surface area (Å²) < 4.78 is 2.33. The Labute approximate surface area is 177 Å². The summed E-state index contributed by atoms with van der Waals surface area (Å²) in [6, 6.07) is 10.4. The summed E-state index contributed by atoms with van der Waals surface area (Å²) in [5.41, 5.74) is 1.27. The third-order valence-corrected chi connectivity index (χ3v) is 7.13. The summed E-state index contributed by atoms with van der Waals surface area (Å²) in [5, 5.41) is 8.86. The van der Waals surface area contributed by atoms with Crippen molar-refractivity contribution < 1.29 is 4.79 Å². The average Bonchev–Trinajstić information content (AvgIpc) is 2.98. The van der Waals surface area contributed by atoms with Gasteiger partial charge in [0.1, 0.15) is 11.6 Å². The fourth-order valence-electron chi connectivity index (χ4n) is 4.11. The molecular weight excluding hydrogens is 382 g/mol. The average molecular weight is 414 g/mol. The predicted octanol–water partition coefficient (Wildman–Crippen LogP) is 2.97. The maximum Gasteiger partial charge on any atom is 0.235 e. The molecule has 0 spiro atoms. The molecule has 1 fully saturated rings. The maximum atomic E-state index is 12.8. The van der Waals surface area contributed by atoms with Gasteiger partial charge in [0, 0.05) is 44.9 Å². The number of piperazine rings is 1. The standard InChI is InChI=1S/C22H31N5OS/c1-18(29-17-19-8-4-2-5-9-19)22(28)26-14-12-25(13-15-26)16-21-24-23-20-10-6-3-7-11-27(20)21/h2,4-5,8-9,18H,3,6-7,10-17H2,1H3/t18-/m1/s1. The predicted molar refractivity (Wildman–Crippen MR) is 117 cm³/mol. The molecule has 7 heteroatoms. The van der Waals surface area contributed by atoms with Gasteiger partial charge in [-0.25, -0.2) is 0 Å². The number of aryl methyl sites for hydroxylation is 1. The molecule has 4 rings (SSSR count). The molecule has 3 heterocycles. The van der Waals surface area contributed by atoms with E-state index in [1.165, 1.54) is 24.8 Å². The fraction of sp³-hybridized carbons (Fsp3) is 0.591. The van der Waals surface area contributed by atoms with E-state index < -0.39 is 0 Å². The van der Waals surface area contributed by atoms with Crippen molar-refractivity contribution in [2.75, 3.05) is 26.2 Å². The molecule has 1 amide bonds. The number of hydrogen-bond acceptors (Lipinski definition) is 5. The van der Waals surface area contributed by atoms with Gasteiger partial charge in [-0.05, 0) is 25.3 Å². The Balaban J connectivity index is 1.25. The van der Waals surface area contributed by atoms with Gasteiger partial charge in [-0.2, -0.15) is 0 Å². The number of fused-ring (bicyclic) bond motifs is 1. The third kappa shape index (κ3) is 5.20. The van der Waals surface area contributed by atoms with Gasteiger partial charge in [0.15, 0.2) is 0 Å². The van der Waals surface area contributed by atoms with Crippen molar-refractivity contribution in [2.24, 2.45) is 0 Å². The molecule has 0 N–H and O–H groups in total. The highest BCUT2D eigenvalue weighted by molar-refractivity contribution is 7.99. The Hall–Kier alpha value is -1.86. The van der Waals surface area contributed by atoms with E-state index in [1.54, 1.807) is 11.8 Å². The molecular formula is C22H31N5OS. The van der Waals surface area contributed by atoms with E-state index in [1.807, 2.05) is 17.9 Å². The van der Waals surface area contributed by atoms with Crippen LogP contribution < -0.4 is 0 Å². The summed E-state index contributed by atoms with van der Waals surface area (Å²) in [6.45, 7) is 7.34. The molecule has 156 valence electrons. The van der Waals surface area contributed by atoms with Gasteiger partial charge in [-0.15, -0.1) is 22.0 Å². The molecule has 0 radical (unpaired) electrons. The minimum Gasteiger partial charge on any atom is -0.339 e. The zero-order chi connectivity index (χ0) is 20.1. The van der Waals surface area contributed by atoms with E-state index in [-0.39, 0.29) is 11.2 Å². The second-order valence-electron chi connectivity index (χ2n) is 8.04. The molecule has 0 bridgehead atoms. The number of aromatic nitrogens is 3. The van der Waals surface area contributed by atoms with Crippen LogP contribution in [0.15, 0.2) is 30.3 Å². The number of carbonyl (C=O) groups excluding carboxylic acids is 1. The molecule has 2 aliphatic heterocycles. The molecule has 6 nitrogen and oxygen atoms in total. The number of nitrogens with zero attached hydrogens (tertiary/aromatic N) is 5. The first-order valence-corrected chi connectivity index (χ1v) is 11.8. The number of carbonyl (C=O) groups is 1. The molecule has 1 saturated heterocycles. The van der Waals surface area contributed by atoms with Crippen LogP contribution in [0.1, 0.15) is 43.4 Å². The van der Waals surface area contributed by atoms with Crippen LogP contribution in [-0.2, 0) is 30.1 Å². The van der Waals surface area contributed by atoms with Crippen molar-refractivity contribution in [1.82, 2.24) is 24.6 Å². The molecule has 2 aromatic rings. The Kier molecular flexibility index (Phi) is 6.87. The van der Waals surface area contributed by atoms with Crippen LogP contribution in [0.25, 0.3) is 0 Å². The number of thioether (sulfide) groups is 1. The minimum absolute atomic E-state index is 0.00554. The topological polar surface area (TPSA) is 54.3 Å². The van der Waals surface area contributed by atoms with Crippen molar-refractivity contribution in [3.05, 3.63) is 47.5 Å². The lowest BCUT2D eigenvalue weighted by atomic mass is 10.2. The van der Waals surface area contributed by atoms with Crippen LogP contribution in [0.2, 0.25) is 0 Å². The van der Waals surface area contributed by atoms with E-state index in [4.69, 9.17) is 0 Å². The van der Waals surface area contributed by atoms with Gasteiger partial charge in [0.25, 0.3) is 0 Å². The monoisotopic (exact) mass is 413 g/mol. The molecule has 2 aliphatic rings. The summed E-state index contributed by atoms with van der Waals surface area (Å²) in [4.78, 5) is 17.3. The largest absolute Gasteiger partial charge is 0.339 e. The lowest BCUT2D eigenvalue weighted by Crippen LogP contribution is -2.50. The zero-order valence-electron chi connectivity index (χ0n) is 17.3. The highest BCUT2D eigenvalue weighted by atomic mass is 32.2. The molecule has 1 aromatic carbocycles. The highest BCUT2D eigenvalue weighted by Crippen LogP contribution is 2.21. The smallest absolute Gasteiger partial charge is 0.235 e. The summed E-state index contributed by atoms with van der Waals surface area (Å²) in [7, 11) is 0. The second-order valence-corrected chi connectivity index (χ2v) is 9.36. The van der Waals surface area contributed by atoms with Crippen molar-refractivity contribution in [3.63, 3.8) is 0 Å². The first-order valence-electron chi connectivity index (χ1n) is 10.8. The third-order valence-electron chi connectivity index (χ3n) is 5.93. The maximum absolute atomic E-state index is 12.8. The first-order chi connectivity index (χ1) is 14.2. The van der Waals surface area contributed by atoms with Gasteiger partial charge in [-0.1, -0.05) is 36.8 Å². The van der Waals surface area contributed by atoms with Crippen LogP contribution in [-0.4, -0.2) is 61.9 Å². The van der Waals surface area contributed by atoms with Crippen LogP contribution in [0.3, 0.4) is 0 Å². The van der Waals surface area contributed by atoms with E-state index in [0.29, 0.717) is 0 Å². The van der Waals surface area contributed by atoms with Crippen molar-refractivity contribution in [1.29, 1.82) is 0 Å². The molecule has 1 atom stereocenters. The van der Waals surface area contributed by atoms with Crippen molar-refractivity contribution in [2.45, 2.75) is 56.7 Å². The lowest BCUT2D eigenvalue weighted by molar-refractivity contribution is -0.132. The normalized spacial score (nSPS) is 18.9. The van der Waals surface area contributed by atoms with Crippen LogP contribution >= 0.6 is 11.8 Å². The number of benzene rings is 1. The number of rotatable bonds is 6. The van der Waals surface area contributed by atoms with Gasteiger partial charge in [0.2, 0.25) is 5.91 Å². The van der Waals surface area contributed by atoms with Crippen LogP contribution in [0.4, 0.5) is 0 Å². The fourth-order valence-corrected chi connectivity index (χ4v) is 5.04.